The van der Waals surface area contributed by atoms with Crippen LogP contribution in [0, 0.1) is 0 Å². The van der Waals surface area contributed by atoms with Crippen LogP contribution in [-0.4, -0.2) is 48.6 Å². The van der Waals surface area contributed by atoms with Crippen molar-refractivity contribution in [2.75, 3.05) is 36.1 Å². The molecule has 2 aliphatic rings. The van der Waals surface area contributed by atoms with Crippen LogP contribution in [0.25, 0.3) is 6.08 Å². The minimum absolute atomic E-state index is 0.119. The molecule has 6 nitrogen and oxygen atoms in total. The van der Waals surface area contributed by atoms with E-state index in [0.717, 1.165) is 54.4 Å². The van der Waals surface area contributed by atoms with Crippen molar-refractivity contribution in [1.82, 2.24) is 4.90 Å². The van der Waals surface area contributed by atoms with Crippen molar-refractivity contribution in [2.24, 2.45) is 5.10 Å². The summed E-state index contributed by atoms with van der Waals surface area (Å²) < 4.78 is 0. The third kappa shape index (κ3) is 5.01. The minimum Gasteiger partial charge on any atom is -0.368 e. The smallest absolute Gasteiger partial charge is 0.280 e. The van der Waals surface area contributed by atoms with Gasteiger partial charge in [-0.3, -0.25) is 9.59 Å². The zero-order valence-electron chi connectivity index (χ0n) is 19.8. The highest BCUT2D eigenvalue weighted by atomic mass is 16.2. The van der Waals surface area contributed by atoms with Crippen LogP contribution in [0.15, 0.2) is 95.6 Å². The fraction of sp³-hybridized carbons (Fsp3) is 0.207. The summed E-state index contributed by atoms with van der Waals surface area (Å²) in [6, 6.07) is 27.9. The summed E-state index contributed by atoms with van der Waals surface area (Å²) in [4.78, 5) is 29.2. The van der Waals surface area contributed by atoms with E-state index in [4.69, 9.17) is 5.10 Å². The van der Waals surface area contributed by atoms with Crippen LogP contribution in [0.4, 0.5) is 11.4 Å². The van der Waals surface area contributed by atoms with Gasteiger partial charge in [-0.2, -0.15) is 10.1 Å². The summed E-state index contributed by atoms with van der Waals surface area (Å²) in [6.45, 7) is 4.74. The Labute approximate surface area is 205 Å². The number of anilines is 2. The third-order valence-electron chi connectivity index (χ3n) is 6.46. The van der Waals surface area contributed by atoms with Crippen LogP contribution >= 0.6 is 0 Å². The van der Waals surface area contributed by atoms with Gasteiger partial charge >= 0.3 is 0 Å². The average molecular weight is 465 g/mol. The second-order valence-corrected chi connectivity index (χ2v) is 8.80. The van der Waals surface area contributed by atoms with Gasteiger partial charge in [0.1, 0.15) is 0 Å². The molecule has 3 aromatic carbocycles. The Morgan fingerprint density at radius 1 is 0.829 bits per heavy atom. The molecule has 2 heterocycles. The lowest BCUT2D eigenvalue weighted by Crippen LogP contribution is -2.48. The first-order valence-electron chi connectivity index (χ1n) is 11.9. The molecule has 0 N–H and O–H groups in total. The van der Waals surface area contributed by atoms with Crippen LogP contribution in [0.5, 0.6) is 0 Å². The Morgan fingerprint density at radius 3 is 2.09 bits per heavy atom. The maximum absolute atomic E-state index is 13.4. The molecule has 0 aromatic heterocycles. The van der Waals surface area contributed by atoms with Gasteiger partial charge in [-0.1, -0.05) is 60.7 Å². The molecule has 0 radical (unpaired) electrons. The first-order chi connectivity index (χ1) is 17.1. The van der Waals surface area contributed by atoms with Gasteiger partial charge in [0.15, 0.2) is 0 Å². The Morgan fingerprint density at radius 2 is 1.46 bits per heavy atom. The van der Waals surface area contributed by atoms with E-state index < -0.39 is 0 Å². The zero-order chi connectivity index (χ0) is 24.2. The molecule has 0 unspecified atom stereocenters. The van der Waals surface area contributed by atoms with Crippen molar-refractivity contribution in [3.8, 4) is 0 Å². The molecule has 0 saturated carbocycles. The molecule has 35 heavy (non-hydrogen) atoms. The van der Waals surface area contributed by atoms with E-state index in [1.807, 2.05) is 71.6 Å². The van der Waals surface area contributed by atoms with Gasteiger partial charge in [-0.15, -0.1) is 0 Å². The highest BCUT2D eigenvalue weighted by molar-refractivity contribution is 6.33. The van der Waals surface area contributed by atoms with Crippen molar-refractivity contribution in [3.05, 3.63) is 102 Å². The summed E-state index contributed by atoms with van der Waals surface area (Å²) in [5.41, 5.74) is 5.31. The second-order valence-electron chi connectivity index (χ2n) is 8.80. The standard InChI is InChI=1S/C29H28N4O2/c1-22(34)31-16-18-32(19-17-31)25-14-12-24(13-15-25)20-27-28(21-23-8-4-2-5-9-23)30-33(29(27)35)26-10-6-3-7-11-26/h2-15,20H,16-19,21H2,1H3/b27-20-. The normalized spacial score (nSPS) is 17.2. The molecule has 5 rings (SSSR count). The topological polar surface area (TPSA) is 56.2 Å². The van der Waals surface area contributed by atoms with Crippen molar-refractivity contribution < 1.29 is 9.59 Å². The molecule has 3 aromatic rings. The number of hydrogen-bond donors (Lipinski definition) is 0. The van der Waals surface area contributed by atoms with Gasteiger partial charge in [-0.05, 0) is 41.5 Å². The van der Waals surface area contributed by atoms with Gasteiger partial charge < -0.3 is 9.80 Å². The van der Waals surface area contributed by atoms with Crippen molar-refractivity contribution in [2.45, 2.75) is 13.3 Å². The van der Waals surface area contributed by atoms with Crippen LogP contribution in [0.1, 0.15) is 18.1 Å². The first-order valence-corrected chi connectivity index (χ1v) is 11.9. The summed E-state index contributed by atoms with van der Waals surface area (Å²) in [5.74, 6) is 0.0110. The summed E-state index contributed by atoms with van der Waals surface area (Å²) in [6.07, 6.45) is 2.52. The van der Waals surface area contributed by atoms with E-state index >= 15 is 0 Å². The van der Waals surface area contributed by atoms with E-state index in [9.17, 15) is 9.59 Å². The van der Waals surface area contributed by atoms with E-state index in [1.54, 1.807) is 6.92 Å². The predicted molar refractivity (Wildman–Crippen MR) is 140 cm³/mol. The Hall–Kier alpha value is -4.19. The molecule has 2 aliphatic heterocycles. The lowest BCUT2D eigenvalue weighted by Gasteiger charge is -2.35. The molecule has 1 saturated heterocycles. The Kier molecular flexibility index (Phi) is 6.44. The number of nitrogens with zero attached hydrogens (tertiary/aromatic N) is 4. The Bertz CT molecular complexity index is 1260. The lowest BCUT2D eigenvalue weighted by molar-refractivity contribution is -0.129. The molecule has 1 fully saturated rings. The number of carbonyl (C=O) groups excluding carboxylic acids is 2. The highest BCUT2D eigenvalue weighted by Crippen LogP contribution is 2.27. The fourth-order valence-electron chi connectivity index (χ4n) is 4.49. The van der Waals surface area contributed by atoms with E-state index in [1.165, 1.54) is 5.01 Å². The molecular weight excluding hydrogens is 436 g/mol. The minimum atomic E-state index is -0.119. The molecule has 6 heteroatoms. The quantitative estimate of drug-likeness (QED) is 0.527. The monoisotopic (exact) mass is 464 g/mol. The van der Waals surface area contributed by atoms with E-state index in [0.29, 0.717) is 12.0 Å². The van der Waals surface area contributed by atoms with E-state index in [-0.39, 0.29) is 11.8 Å². The maximum Gasteiger partial charge on any atom is 0.280 e. The van der Waals surface area contributed by atoms with Crippen molar-refractivity contribution in [3.63, 3.8) is 0 Å². The predicted octanol–water partition coefficient (Wildman–Crippen LogP) is 4.38. The molecule has 176 valence electrons. The van der Waals surface area contributed by atoms with Crippen LogP contribution in [0.3, 0.4) is 0 Å². The zero-order valence-corrected chi connectivity index (χ0v) is 19.8. The van der Waals surface area contributed by atoms with Crippen molar-refractivity contribution >= 4 is 35.0 Å². The average Bonchev–Trinajstić information content (AvgIpc) is 3.20. The van der Waals surface area contributed by atoms with Gasteiger partial charge in [0.2, 0.25) is 5.91 Å². The number of carbonyl (C=O) groups is 2. The molecular formula is C29H28N4O2. The molecule has 0 aliphatic carbocycles. The summed E-state index contributed by atoms with van der Waals surface area (Å²) >= 11 is 0. The van der Waals surface area contributed by atoms with Gasteiger partial charge in [-0.25, -0.2) is 0 Å². The highest BCUT2D eigenvalue weighted by Gasteiger charge is 2.31. The molecule has 0 spiro atoms. The molecule has 0 atom stereocenters. The second kappa shape index (κ2) is 9.97. The molecule has 2 amide bonds. The van der Waals surface area contributed by atoms with Crippen LogP contribution < -0.4 is 9.91 Å². The number of benzene rings is 3. The Balaban J connectivity index is 1.39. The SMILES string of the molecule is CC(=O)N1CCN(c2ccc(/C=C3\C(=O)N(c4ccccc4)N=C3Cc3ccccc3)cc2)CC1. The van der Waals surface area contributed by atoms with Crippen LogP contribution in [-0.2, 0) is 16.0 Å². The number of amides is 2. The maximum atomic E-state index is 13.4. The van der Waals surface area contributed by atoms with Crippen molar-refractivity contribution in [1.29, 1.82) is 0 Å². The number of para-hydroxylation sites is 1. The lowest BCUT2D eigenvalue weighted by atomic mass is 10.00. The largest absolute Gasteiger partial charge is 0.368 e. The van der Waals surface area contributed by atoms with Gasteiger partial charge in [0.25, 0.3) is 5.91 Å². The number of rotatable bonds is 5. The van der Waals surface area contributed by atoms with Gasteiger partial charge in [0.05, 0.1) is 17.0 Å². The number of hydrazone groups is 1. The van der Waals surface area contributed by atoms with Gasteiger partial charge in [0, 0.05) is 45.2 Å². The third-order valence-corrected chi connectivity index (χ3v) is 6.46. The molecule has 0 bridgehead atoms. The summed E-state index contributed by atoms with van der Waals surface area (Å²) in [5, 5.41) is 6.21. The van der Waals surface area contributed by atoms with Crippen LogP contribution in [0.2, 0.25) is 0 Å². The number of piperazine rings is 1. The number of hydrogen-bond acceptors (Lipinski definition) is 4. The fourth-order valence-corrected chi connectivity index (χ4v) is 4.49. The van der Waals surface area contributed by atoms with E-state index in [2.05, 4.69) is 29.2 Å². The first kappa shape index (κ1) is 22.6. The summed E-state index contributed by atoms with van der Waals surface area (Å²) in [7, 11) is 0.